The summed E-state index contributed by atoms with van der Waals surface area (Å²) in [5.41, 5.74) is 1.26. The van der Waals surface area contributed by atoms with Gasteiger partial charge in [0.05, 0.1) is 19.1 Å². The van der Waals surface area contributed by atoms with Crippen molar-refractivity contribution in [2.75, 3.05) is 7.11 Å². The molecule has 0 unspecified atom stereocenters. The molecule has 0 atom stereocenters. The maximum atomic E-state index is 11.1. The number of ether oxygens (including phenoxy) is 2. The molecule has 24 heavy (non-hydrogen) atoms. The van der Waals surface area contributed by atoms with Gasteiger partial charge in [0.25, 0.3) is 0 Å². The molecule has 0 spiro atoms. The van der Waals surface area contributed by atoms with Crippen LogP contribution in [-0.2, 0) is 4.79 Å². The molecule has 0 radical (unpaired) electrons. The SMILES string of the molecule is COc1ccc(C2CCC(C(=O)O)CC2)cc1OC1CCCCC1. The van der Waals surface area contributed by atoms with Crippen LogP contribution in [0, 0.1) is 5.92 Å². The Morgan fingerprint density at radius 1 is 1.00 bits per heavy atom. The number of carbonyl (C=O) groups is 1. The van der Waals surface area contributed by atoms with Gasteiger partial charge in [-0.2, -0.15) is 0 Å². The van der Waals surface area contributed by atoms with Crippen molar-refractivity contribution >= 4 is 5.97 Å². The van der Waals surface area contributed by atoms with Crippen molar-refractivity contribution in [2.24, 2.45) is 5.92 Å². The summed E-state index contributed by atoms with van der Waals surface area (Å²) >= 11 is 0. The lowest BCUT2D eigenvalue weighted by atomic mass is 9.78. The van der Waals surface area contributed by atoms with Gasteiger partial charge in [-0.1, -0.05) is 12.5 Å². The van der Waals surface area contributed by atoms with Gasteiger partial charge in [0.1, 0.15) is 0 Å². The molecule has 1 N–H and O–H groups in total. The van der Waals surface area contributed by atoms with Crippen molar-refractivity contribution in [3.63, 3.8) is 0 Å². The molecule has 1 aromatic carbocycles. The Labute approximate surface area is 144 Å². The Hall–Kier alpha value is -1.71. The summed E-state index contributed by atoms with van der Waals surface area (Å²) in [4.78, 5) is 11.1. The van der Waals surface area contributed by atoms with E-state index in [1.165, 1.54) is 24.8 Å². The van der Waals surface area contributed by atoms with Gasteiger partial charge in [-0.05, 0) is 75.0 Å². The Bertz CT molecular complexity index is 555. The first-order valence-electron chi connectivity index (χ1n) is 9.24. The van der Waals surface area contributed by atoms with Crippen molar-refractivity contribution < 1.29 is 19.4 Å². The average Bonchev–Trinajstić information content (AvgIpc) is 2.62. The molecule has 4 heteroatoms. The molecule has 1 aromatic rings. The molecular formula is C20H28O4. The lowest BCUT2D eigenvalue weighted by molar-refractivity contribution is -0.142. The number of hydrogen-bond donors (Lipinski definition) is 1. The van der Waals surface area contributed by atoms with Crippen LogP contribution >= 0.6 is 0 Å². The predicted molar refractivity (Wildman–Crippen MR) is 92.8 cm³/mol. The topological polar surface area (TPSA) is 55.8 Å². The molecule has 0 bridgehead atoms. The fraction of sp³-hybridized carbons (Fsp3) is 0.650. The number of hydrogen-bond acceptors (Lipinski definition) is 3. The van der Waals surface area contributed by atoms with E-state index < -0.39 is 5.97 Å². The first-order valence-corrected chi connectivity index (χ1v) is 9.24. The number of methoxy groups -OCH3 is 1. The van der Waals surface area contributed by atoms with E-state index in [0.717, 1.165) is 50.0 Å². The highest BCUT2D eigenvalue weighted by molar-refractivity contribution is 5.70. The van der Waals surface area contributed by atoms with Crippen molar-refractivity contribution in [1.29, 1.82) is 0 Å². The molecule has 2 saturated carbocycles. The van der Waals surface area contributed by atoms with E-state index >= 15 is 0 Å². The summed E-state index contributed by atoms with van der Waals surface area (Å²) in [5, 5.41) is 9.15. The molecule has 2 aliphatic carbocycles. The zero-order valence-corrected chi connectivity index (χ0v) is 14.5. The molecule has 0 saturated heterocycles. The van der Waals surface area contributed by atoms with E-state index in [4.69, 9.17) is 14.6 Å². The quantitative estimate of drug-likeness (QED) is 0.844. The molecular weight excluding hydrogens is 304 g/mol. The van der Waals surface area contributed by atoms with Crippen LogP contribution in [0.4, 0.5) is 0 Å². The summed E-state index contributed by atoms with van der Waals surface area (Å²) in [7, 11) is 1.68. The first kappa shape index (κ1) is 17.1. The van der Waals surface area contributed by atoms with Crippen LogP contribution in [0.25, 0.3) is 0 Å². The Morgan fingerprint density at radius 2 is 1.71 bits per heavy atom. The monoisotopic (exact) mass is 332 g/mol. The van der Waals surface area contributed by atoms with Gasteiger partial charge in [0, 0.05) is 0 Å². The third-order valence-electron chi connectivity index (χ3n) is 5.58. The minimum atomic E-state index is -0.649. The highest BCUT2D eigenvalue weighted by Gasteiger charge is 2.27. The largest absolute Gasteiger partial charge is 0.493 e. The second-order valence-corrected chi connectivity index (χ2v) is 7.17. The maximum Gasteiger partial charge on any atom is 0.306 e. The molecule has 0 aliphatic heterocycles. The Balaban J connectivity index is 1.70. The number of rotatable bonds is 5. The third-order valence-corrected chi connectivity index (χ3v) is 5.58. The fourth-order valence-corrected chi connectivity index (χ4v) is 4.08. The molecule has 2 fully saturated rings. The molecule has 2 aliphatic rings. The van der Waals surface area contributed by atoms with Gasteiger partial charge in [-0.15, -0.1) is 0 Å². The predicted octanol–water partition coefficient (Wildman–Crippen LogP) is 4.77. The van der Waals surface area contributed by atoms with E-state index in [0.29, 0.717) is 12.0 Å². The summed E-state index contributed by atoms with van der Waals surface area (Å²) in [6.45, 7) is 0. The van der Waals surface area contributed by atoms with Crippen LogP contribution in [0.2, 0.25) is 0 Å². The van der Waals surface area contributed by atoms with Crippen LogP contribution in [-0.4, -0.2) is 24.3 Å². The van der Waals surface area contributed by atoms with Gasteiger partial charge in [-0.25, -0.2) is 0 Å². The van der Waals surface area contributed by atoms with Gasteiger partial charge in [0.2, 0.25) is 0 Å². The second kappa shape index (κ2) is 7.91. The lowest BCUT2D eigenvalue weighted by Crippen LogP contribution is -2.21. The van der Waals surface area contributed by atoms with Crippen molar-refractivity contribution in [3.05, 3.63) is 23.8 Å². The van der Waals surface area contributed by atoms with Gasteiger partial charge >= 0.3 is 5.97 Å². The fourth-order valence-electron chi connectivity index (χ4n) is 4.08. The number of benzene rings is 1. The molecule has 132 valence electrons. The highest BCUT2D eigenvalue weighted by Crippen LogP contribution is 2.40. The van der Waals surface area contributed by atoms with E-state index in [9.17, 15) is 4.79 Å². The second-order valence-electron chi connectivity index (χ2n) is 7.17. The minimum absolute atomic E-state index is 0.169. The summed E-state index contributed by atoms with van der Waals surface area (Å²) in [6.07, 6.45) is 9.75. The van der Waals surface area contributed by atoms with Crippen LogP contribution in [0.3, 0.4) is 0 Å². The van der Waals surface area contributed by atoms with Crippen LogP contribution in [0.5, 0.6) is 11.5 Å². The normalized spacial score (nSPS) is 25.2. The first-order chi connectivity index (χ1) is 11.7. The Morgan fingerprint density at radius 3 is 2.33 bits per heavy atom. The molecule has 0 heterocycles. The maximum absolute atomic E-state index is 11.1. The Kier molecular flexibility index (Phi) is 5.64. The van der Waals surface area contributed by atoms with E-state index in [1.54, 1.807) is 7.11 Å². The van der Waals surface area contributed by atoms with E-state index in [2.05, 4.69) is 12.1 Å². The smallest absolute Gasteiger partial charge is 0.306 e. The van der Waals surface area contributed by atoms with E-state index in [1.807, 2.05) is 6.07 Å². The molecule has 0 amide bonds. The van der Waals surface area contributed by atoms with Gasteiger partial charge in [0.15, 0.2) is 11.5 Å². The average molecular weight is 332 g/mol. The number of aliphatic carboxylic acids is 1. The molecule has 3 rings (SSSR count). The standard InChI is InChI=1S/C20H28O4/c1-23-18-12-11-16(14-7-9-15(10-8-14)20(21)22)13-19(18)24-17-5-3-2-4-6-17/h11-15,17H,2-10H2,1H3,(H,21,22). The molecule has 4 nitrogen and oxygen atoms in total. The van der Waals surface area contributed by atoms with Gasteiger partial charge in [-0.3, -0.25) is 4.79 Å². The van der Waals surface area contributed by atoms with Crippen molar-refractivity contribution in [1.82, 2.24) is 0 Å². The zero-order valence-electron chi connectivity index (χ0n) is 14.5. The van der Waals surface area contributed by atoms with Crippen LogP contribution < -0.4 is 9.47 Å². The number of carboxylic acid groups (broad SMARTS) is 1. The lowest BCUT2D eigenvalue weighted by Gasteiger charge is -2.28. The zero-order chi connectivity index (χ0) is 16.9. The summed E-state index contributed by atoms with van der Waals surface area (Å²) < 4.78 is 11.7. The summed E-state index contributed by atoms with van der Waals surface area (Å²) in [5.74, 6) is 1.26. The third kappa shape index (κ3) is 4.03. The van der Waals surface area contributed by atoms with Crippen molar-refractivity contribution in [2.45, 2.75) is 69.8 Å². The van der Waals surface area contributed by atoms with Crippen molar-refractivity contribution in [3.8, 4) is 11.5 Å². The van der Waals surface area contributed by atoms with Gasteiger partial charge < -0.3 is 14.6 Å². The highest BCUT2D eigenvalue weighted by atomic mass is 16.5. The van der Waals surface area contributed by atoms with E-state index in [-0.39, 0.29) is 5.92 Å². The number of carboxylic acids is 1. The van der Waals surface area contributed by atoms with Crippen LogP contribution in [0.15, 0.2) is 18.2 Å². The molecule has 0 aromatic heterocycles. The summed E-state index contributed by atoms with van der Waals surface area (Å²) in [6, 6.07) is 6.23. The minimum Gasteiger partial charge on any atom is -0.493 e. The van der Waals surface area contributed by atoms with Crippen LogP contribution in [0.1, 0.15) is 69.3 Å².